The molecule has 3 nitrogen and oxygen atoms in total. The minimum atomic E-state index is -0.393. The van der Waals surface area contributed by atoms with E-state index in [2.05, 4.69) is 162 Å². The molecule has 2 unspecified atom stereocenters. The van der Waals surface area contributed by atoms with Crippen LogP contribution in [0.2, 0.25) is 0 Å². The number of nitrogens with zero attached hydrogens (tertiary/aromatic N) is 2. The first kappa shape index (κ1) is 27.4. The average Bonchev–Trinajstić information content (AvgIpc) is 3.64. The molecule has 0 fully saturated rings. The van der Waals surface area contributed by atoms with Gasteiger partial charge in [0.1, 0.15) is 6.17 Å². The molecule has 0 saturated carbocycles. The van der Waals surface area contributed by atoms with Crippen LogP contribution in [0.25, 0.3) is 32.9 Å². The van der Waals surface area contributed by atoms with Gasteiger partial charge in [-0.1, -0.05) is 127 Å². The molecule has 1 aliphatic heterocycles. The highest BCUT2D eigenvalue weighted by Gasteiger charge is 2.47. The predicted octanol–water partition coefficient (Wildman–Crippen LogP) is 10.5. The van der Waals surface area contributed by atoms with Crippen LogP contribution >= 0.6 is 0 Å². The highest BCUT2D eigenvalue weighted by atomic mass is 15.2. The molecule has 5 aromatic carbocycles. The van der Waals surface area contributed by atoms with Crippen LogP contribution in [0.1, 0.15) is 54.1 Å². The van der Waals surface area contributed by atoms with Gasteiger partial charge in [0, 0.05) is 22.0 Å². The van der Waals surface area contributed by atoms with Crippen molar-refractivity contribution in [1.82, 2.24) is 9.88 Å². The Bertz CT molecular complexity index is 2420. The molecule has 0 bridgehead atoms. The van der Waals surface area contributed by atoms with Crippen molar-refractivity contribution in [2.75, 3.05) is 0 Å². The summed E-state index contributed by atoms with van der Waals surface area (Å²) in [5.41, 5.74) is 14.5. The molecular weight excluding hydrogens is 583 g/mol. The molecule has 3 aliphatic carbocycles. The molecule has 0 amide bonds. The number of nitrogens with one attached hydrogen (secondary N) is 1. The highest BCUT2D eigenvalue weighted by molar-refractivity contribution is 6.13. The molecule has 48 heavy (non-hydrogen) atoms. The summed E-state index contributed by atoms with van der Waals surface area (Å²) < 4.78 is 2.52. The number of aliphatic imine (C=N–C) groups is 1. The van der Waals surface area contributed by atoms with Gasteiger partial charge in [0.05, 0.1) is 27.9 Å². The zero-order chi connectivity index (χ0) is 31.7. The quantitative estimate of drug-likeness (QED) is 0.210. The lowest BCUT2D eigenvalue weighted by Crippen LogP contribution is -2.37. The smallest absolute Gasteiger partial charge is 0.148 e. The summed E-state index contributed by atoms with van der Waals surface area (Å²) in [6.45, 7) is 0. The molecular formula is C45H35N3. The second-order valence-electron chi connectivity index (χ2n) is 13.3. The molecule has 0 saturated heterocycles. The number of rotatable bonds is 4. The number of aromatic nitrogens is 1. The summed E-state index contributed by atoms with van der Waals surface area (Å²) in [5, 5.41) is 6.55. The fourth-order valence-electron chi connectivity index (χ4n) is 8.76. The molecule has 3 heteroatoms. The van der Waals surface area contributed by atoms with Crippen LogP contribution in [0.3, 0.4) is 0 Å². The van der Waals surface area contributed by atoms with Gasteiger partial charge in [0.2, 0.25) is 0 Å². The van der Waals surface area contributed by atoms with Gasteiger partial charge in [0.15, 0.2) is 0 Å². The molecule has 0 radical (unpaired) electrons. The van der Waals surface area contributed by atoms with Crippen molar-refractivity contribution in [1.29, 1.82) is 0 Å². The van der Waals surface area contributed by atoms with Crippen LogP contribution in [0, 0.1) is 0 Å². The van der Waals surface area contributed by atoms with E-state index in [1.807, 2.05) is 0 Å². The van der Waals surface area contributed by atoms with Crippen LogP contribution in [0.5, 0.6) is 0 Å². The van der Waals surface area contributed by atoms with Gasteiger partial charge in [-0.05, 0) is 83.3 Å². The number of allylic oxidation sites excluding steroid dienone is 7. The van der Waals surface area contributed by atoms with Crippen LogP contribution < -0.4 is 5.32 Å². The lowest BCUT2D eigenvalue weighted by atomic mass is 9.66. The van der Waals surface area contributed by atoms with Crippen molar-refractivity contribution in [2.24, 2.45) is 4.99 Å². The third-order valence-corrected chi connectivity index (χ3v) is 10.8. The molecule has 6 aromatic rings. The van der Waals surface area contributed by atoms with Crippen molar-refractivity contribution < 1.29 is 0 Å². The van der Waals surface area contributed by atoms with Gasteiger partial charge in [-0.3, -0.25) is 0 Å². The van der Waals surface area contributed by atoms with E-state index in [1.165, 1.54) is 60.9 Å². The summed E-state index contributed by atoms with van der Waals surface area (Å²) >= 11 is 0. The zero-order valence-electron chi connectivity index (χ0n) is 26.7. The first-order chi connectivity index (χ1) is 23.8. The van der Waals surface area contributed by atoms with Gasteiger partial charge < -0.3 is 9.88 Å². The summed E-state index contributed by atoms with van der Waals surface area (Å²) in [4.78, 5) is 5.37. The average molecular weight is 618 g/mol. The zero-order valence-corrected chi connectivity index (χ0v) is 26.7. The number of para-hydroxylation sites is 1. The Morgan fingerprint density at radius 2 is 1.42 bits per heavy atom. The summed E-state index contributed by atoms with van der Waals surface area (Å²) in [5.74, 6) is 0. The highest BCUT2D eigenvalue weighted by Crippen LogP contribution is 2.58. The second kappa shape index (κ2) is 10.7. The van der Waals surface area contributed by atoms with Crippen LogP contribution in [0.4, 0.5) is 0 Å². The maximum absolute atomic E-state index is 5.37. The fraction of sp³-hybridized carbons (Fsp3) is 0.133. The summed E-state index contributed by atoms with van der Waals surface area (Å²) in [6.07, 6.45) is 15.6. The Kier molecular flexibility index (Phi) is 6.11. The standard InChI is InChI=1S/C45H35N3/c1-4-16-30(17-5-1)43-44(47-40-26-14-13-25-39(40)46-43)48-41-27-15-11-23-34(41)36-28-38-35(29-42(36)48)33-22-10-12-24-37(33)45(38,31-18-6-2-7-19-31)32-20-8-3-9-21-32/h1-2,4-8,10-13,15-25,27-29,44,47H,3,9,14,26H2. The number of fused-ring (bicyclic) bond motifs is 6. The third kappa shape index (κ3) is 3.85. The first-order valence-corrected chi connectivity index (χ1v) is 17.2. The van der Waals surface area contributed by atoms with Crippen molar-refractivity contribution in [3.8, 4) is 11.1 Å². The predicted molar refractivity (Wildman–Crippen MR) is 198 cm³/mol. The van der Waals surface area contributed by atoms with Crippen molar-refractivity contribution in [3.05, 3.63) is 191 Å². The van der Waals surface area contributed by atoms with E-state index in [-0.39, 0.29) is 6.17 Å². The van der Waals surface area contributed by atoms with Gasteiger partial charge in [0.25, 0.3) is 0 Å². The van der Waals surface area contributed by atoms with Crippen LogP contribution in [-0.2, 0) is 5.41 Å². The monoisotopic (exact) mass is 617 g/mol. The Balaban J connectivity index is 1.29. The van der Waals surface area contributed by atoms with Gasteiger partial charge in [-0.2, -0.15) is 0 Å². The van der Waals surface area contributed by atoms with E-state index in [0.29, 0.717) is 0 Å². The van der Waals surface area contributed by atoms with E-state index >= 15 is 0 Å². The van der Waals surface area contributed by atoms with E-state index < -0.39 is 5.41 Å². The lowest BCUT2D eigenvalue weighted by Gasteiger charge is -2.35. The van der Waals surface area contributed by atoms with Crippen molar-refractivity contribution in [2.45, 2.75) is 37.3 Å². The summed E-state index contributed by atoms with van der Waals surface area (Å²) in [6, 6.07) is 44.9. The minimum absolute atomic E-state index is 0.155. The lowest BCUT2D eigenvalue weighted by molar-refractivity contribution is 0.559. The Morgan fingerprint density at radius 3 is 2.27 bits per heavy atom. The molecule has 1 N–H and O–H groups in total. The number of benzene rings is 5. The Morgan fingerprint density at radius 1 is 0.646 bits per heavy atom. The van der Waals surface area contributed by atoms with E-state index in [9.17, 15) is 0 Å². The van der Waals surface area contributed by atoms with Crippen LogP contribution in [-0.4, -0.2) is 10.3 Å². The fourth-order valence-corrected chi connectivity index (χ4v) is 8.76. The molecule has 2 heterocycles. The van der Waals surface area contributed by atoms with Crippen LogP contribution in [0.15, 0.2) is 174 Å². The normalized spacial score (nSPS) is 21.0. The first-order valence-electron chi connectivity index (χ1n) is 17.2. The van der Waals surface area contributed by atoms with Gasteiger partial charge >= 0.3 is 0 Å². The summed E-state index contributed by atoms with van der Waals surface area (Å²) in [7, 11) is 0. The molecule has 4 aliphatic rings. The molecule has 10 rings (SSSR count). The molecule has 230 valence electrons. The van der Waals surface area contributed by atoms with Gasteiger partial charge in [-0.15, -0.1) is 0 Å². The van der Waals surface area contributed by atoms with Crippen molar-refractivity contribution in [3.63, 3.8) is 0 Å². The Hall–Kier alpha value is -5.67. The molecule has 2 atom stereocenters. The van der Waals surface area contributed by atoms with E-state index in [1.54, 1.807) is 0 Å². The second-order valence-corrected chi connectivity index (χ2v) is 13.3. The minimum Gasteiger partial charge on any atom is -0.362 e. The topological polar surface area (TPSA) is 29.3 Å². The molecule has 0 spiro atoms. The van der Waals surface area contributed by atoms with Crippen molar-refractivity contribution >= 4 is 27.5 Å². The SMILES string of the molecule is C1=CC(C2(c3ccccc3)c3ccccc3-c3cc4c(cc32)c2ccccc2n4C2NC3=C(C=CCC3)N=C2c2ccccc2)=CCC1. The molecule has 1 aromatic heterocycles. The van der Waals surface area contributed by atoms with Gasteiger partial charge in [-0.25, -0.2) is 4.99 Å². The largest absolute Gasteiger partial charge is 0.362 e. The number of hydrogen-bond donors (Lipinski definition) is 1. The van der Waals surface area contributed by atoms with E-state index in [0.717, 1.165) is 42.7 Å². The van der Waals surface area contributed by atoms with E-state index in [4.69, 9.17) is 4.99 Å². The number of hydrogen-bond acceptors (Lipinski definition) is 2. The third-order valence-electron chi connectivity index (χ3n) is 10.8. The maximum atomic E-state index is 5.37. The Labute approximate surface area is 281 Å². The maximum Gasteiger partial charge on any atom is 0.148 e.